The first-order valence-electron chi connectivity index (χ1n) is 6.04. The second-order valence-electron chi connectivity index (χ2n) is 4.45. The largest absolute Gasteiger partial charge is 0.360 e. The summed E-state index contributed by atoms with van der Waals surface area (Å²) in [5.41, 5.74) is 4.83. The van der Waals surface area contributed by atoms with Gasteiger partial charge in [-0.1, -0.05) is 17.3 Å². The molecule has 0 aliphatic carbocycles. The molecular weight excluding hydrogens is 224 g/mol. The Balaban J connectivity index is 2.24. The van der Waals surface area contributed by atoms with Crippen LogP contribution in [-0.4, -0.2) is 5.16 Å². The molecule has 0 fully saturated rings. The molecule has 0 spiro atoms. The van der Waals surface area contributed by atoms with Gasteiger partial charge in [0.2, 0.25) is 0 Å². The smallest absolute Gasteiger partial charge is 0.174 e. The fourth-order valence-electron chi connectivity index (χ4n) is 1.91. The maximum Gasteiger partial charge on any atom is 0.174 e. The normalized spacial score (nSPS) is 11.7. The highest BCUT2D eigenvalue weighted by Gasteiger charge is 2.04. The van der Waals surface area contributed by atoms with Crippen molar-refractivity contribution in [2.45, 2.75) is 27.7 Å². The van der Waals surface area contributed by atoms with Gasteiger partial charge in [0.15, 0.2) is 5.82 Å². The lowest BCUT2D eigenvalue weighted by molar-refractivity contribution is 0.400. The molecule has 0 aliphatic rings. The molecular formula is C15H18N2O. The number of anilines is 2. The summed E-state index contributed by atoms with van der Waals surface area (Å²) in [6.45, 7) is 8.17. The fourth-order valence-corrected chi connectivity index (χ4v) is 1.91. The summed E-state index contributed by atoms with van der Waals surface area (Å²) in [5.74, 6) is 1.54. The molecule has 94 valence electrons. The van der Waals surface area contributed by atoms with E-state index in [0.717, 1.165) is 17.3 Å². The molecule has 0 amide bonds. The zero-order chi connectivity index (χ0) is 13.1. The molecule has 1 aromatic carbocycles. The number of aryl methyl sites for hydroxylation is 2. The molecule has 0 unspecified atom stereocenters. The van der Waals surface area contributed by atoms with Crippen molar-refractivity contribution in [2.75, 3.05) is 5.32 Å². The minimum Gasteiger partial charge on any atom is -0.360 e. The topological polar surface area (TPSA) is 38.1 Å². The van der Waals surface area contributed by atoms with Crippen LogP contribution in [0, 0.1) is 13.8 Å². The van der Waals surface area contributed by atoms with Crippen molar-refractivity contribution in [1.82, 2.24) is 5.16 Å². The van der Waals surface area contributed by atoms with Crippen molar-refractivity contribution in [1.29, 1.82) is 0 Å². The zero-order valence-electron chi connectivity index (χ0n) is 11.2. The number of rotatable bonds is 3. The Kier molecular flexibility index (Phi) is 3.51. The highest BCUT2D eigenvalue weighted by atomic mass is 16.5. The minimum absolute atomic E-state index is 0.738. The van der Waals surface area contributed by atoms with Crippen molar-refractivity contribution >= 4 is 17.1 Å². The van der Waals surface area contributed by atoms with Crippen LogP contribution in [0.2, 0.25) is 0 Å². The van der Waals surface area contributed by atoms with Gasteiger partial charge in [0.25, 0.3) is 0 Å². The predicted molar refractivity (Wildman–Crippen MR) is 75.0 cm³/mol. The summed E-state index contributed by atoms with van der Waals surface area (Å²) in [6, 6.07) is 8.17. The third kappa shape index (κ3) is 2.62. The van der Waals surface area contributed by atoms with Gasteiger partial charge in [0, 0.05) is 11.8 Å². The molecule has 3 nitrogen and oxygen atoms in total. The van der Waals surface area contributed by atoms with Gasteiger partial charge >= 0.3 is 0 Å². The van der Waals surface area contributed by atoms with Crippen molar-refractivity contribution in [3.05, 3.63) is 47.2 Å². The van der Waals surface area contributed by atoms with Gasteiger partial charge in [-0.15, -0.1) is 0 Å². The molecule has 0 atom stereocenters. The molecule has 1 aromatic heterocycles. The second-order valence-corrected chi connectivity index (χ2v) is 4.45. The zero-order valence-corrected chi connectivity index (χ0v) is 11.2. The molecule has 3 heteroatoms. The molecule has 1 heterocycles. The molecule has 0 bridgehead atoms. The summed E-state index contributed by atoms with van der Waals surface area (Å²) in [4.78, 5) is 0. The number of hydrogen-bond donors (Lipinski definition) is 1. The predicted octanol–water partition coefficient (Wildman–Crippen LogP) is 4.46. The number of nitrogens with zero attached hydrogens (tertiary/aromatic N) is 1. The van der Waals surface area contributed by atoms with Crippen LogP contribution in [-0.2, 0) is 0 Å². The quantitative estimate of drug-likeness (QED) is 0.863. The van der Waals surface area contributed by atoms with Crippen LogP contribution in [0.15, 0.2) is 34.9 Å². The molecule has 0 aliphatic heterocycles. The standard InChI is InChI=1S/C15H18N2O/c1-5-10(2)14-7-6-13(8-11(14)3)16-15-9-12(4)18-17-15/h5-9H,1-4H3,(H,16,17)/b10-5+. The highest BCUT2D eigenvalue weighted by Crippen LogP contribution is 2.24. The summed E-state index contributed by atoms with van der Waals surface area (Å²) < 4.78 is 5.02. The Morgan fingerprint density at radius 2 is 2.06 bits per heavy atom. The van der Waals surface area contributed by atoms with E-state index in [2.05, 4.69) is 55.5 Å². The average Bonchev–Trinajstić information content (AvgIpc) is 2.74. The highest BCUT2D eigenvalue weighted by molar-refractivity contribution is 5.69. The van der Waals surface area contributed by atoms with E-state index in [1.54, 1.807) is 0 Å². The van der Waals surface area contributed by atoms with E-state index in [4.69, 9.17) is 4.52 Å². The van der Waals surface area contributed by atoms with E-state index in [1.807, 2.05) is 13.0 Å². The third-order valence-electron chi connectivity index (χ3n) is 2.98. The van der Waals surface area contributed by atoms with Crippen LogP contribution in [0.1, 0.15) is 30.7 Å². The van der Waals surface area contributed by atoms with E-state index in [-0.39, 0.29) is 0 Å². The first-order valence-corrected chi connectivity index (χ1v) is 6.04. The van der Waals surface area contributed by atoms with Crippen LogP contribution in [0.5, 0.6) is 0 Å². The molecule has 1 N–H and O–H groups in total. The van der Waals surface area contributed by atoms with Gasteiger partial charge in [-0.05, 0) is 56.5 Å². The van der Waals surface area contributed by atoms with Gasteiger partial charge in [0.1, 0.15) is 5.76 Å². The third-order valence-corrected chi connectivity index (χ3v) is 2.98. The minimum atomic E-state index is 0.738. The maximum absolute atomic E-state index is 5.02. The van der Waals surface area contributed by atoms with E-state index >= 15 is 0 Å². The maximum atomic E-state index is 5.02. The second kappa shape index (κ2) is 5.08. The van der Waals surface area contributed by atoms with Crippen LogP contribution in [0.25, 0.3) is 5.57 Å². The number of benzene rings is 1. The lowest BCUT2D eigenvalue weighted by Crippen LogP contribution is -1.93. The Hall–Kier alpha value is -2.03. The van der Waals surface area contributed by atoms with Crippen LogP contribution >= 0.6 is 0 Å². The van der Waals surface area contributed by atoms with E-state index in [9.17, 15) is 0 Å². The molecule has 2 rings (SSSR count). The van der Waals surface area contributed by atoms with Gasteiger partial charge < -0.3 is 9.84 Å². The fraction of sp³-hybridized carbons (Fsp3) is 0.267. The van der Waals surface area contributed by atoms with Crippen LogP contribution in [0.4, 0.5) is 11.5 Å². The SMILES string of the molecule is C/C=C(\C)c1ccc(Nc2cc(C)on2)cc1C. The van der Waals surface area contributed by atoms with E-state index in [0.29, 0.717) is 0 Å². The monoisotopic (exact) mass is 242 g/mol. The number of aromatic nitrogens is 1. The molecule has 0 saturated heterocycles. The summed E-state index contributed by atoms with van der Waals surface area (Å²) in [6.07, 6.45) is 2.12. The van der Waals surface area contributed by atoms with Crippen molar-refractivity contribution < 1.29 is 4.52 Å². The Labute approximate surface area is 108 Å². The van der Waals surface area contributed by atoms with Crippen LogP contribution in [0.3, 0.4) is 0 Å². The van der Waals surface area contributed by atoms with Crippen LogP contribution < -0.4 is 5.32 Å². The molecule has 2 aromatic rings. The number of allylic oxidation sites excluding steroid dienone is 2. The van der Waals surface area contributed by atoms with E-state index in [1.165, 1.54) is 16.7 Å². The van der Waals surface area contributed by atoms with Gasteiger partial charge in [-0.2, -0.15) is 0 Å². The van der Waals surface area contributed by atoms with Crippen molar-refractivity contribution in [3.63, 3.8) is 0 Å². The lowest BCUT2D eigenvalue weighted by atomic mass is 10.0. The number of hydrogen-bond acceptors (Lipinski definition) is 3. The van der Waals surface area contributed by atoms with Gasteiger partial charge in [-0.25, -0.2) is 0 Å². The van der Waals surface area contributed by atoms with Crippen molar-refractivity contribution in [2.24, 2.45) is 0 Å². The number of nitrogens with one attached hydrogen (secondary N) is 1. The van der Waals surface area contributed by atoms with Gasteiger partial charge in [0.05, 0.1) is 0 Å². The van der Waals surface area contributed by atoms with Crippen molar-refractivity contribution in [3.8, 4) is 0 Å². The molecule has 0 saturated carbocycles. The summed E-state index contributed by atoms with van der Waals surface area (Å²) in [5, 5.41) is 7.14. The molecule has 18 heavy (non-hydrogen) atoms. The lowest BCUT2D eigenvalue weighted by Gasteiger charge is -2.09. The summed E-state index contributed by atoms with van der Waals surface area (Å²) in [7, 11) is 0. The average molecular weight is 242 g/mol. The molecule has 0 radical (unpaired) electrons. The van der Waals surface area contributed by atoms with Gasteiger partial charge in [-0.3, -0.25) is 0 Å². The Bertz CT molecular complexity index is 582. The van der Waals surface area contributed by atoms with E-state index < -0.39 is 0 Å². The first kappa shape index (κ1) is 12.4. The summed E-state index contributed by atoms with van der Waals surface area (Å²) >= 11 is 0. The Morgan fingerprint density at radius 1 is 1.28 bits per heavy atom. The first-order chi connectivity index (χ1) is 8.60. The Morgan fingerprint density at radius 3 is 2.61 bits per heavy atom.